The summed E-state index contributed by atoms with van der Waals surface area (Å²) in [4.78, 5) is 7.10. The highest BCUT2D eigenvalue weighted by molar-refractivity contribution is 14.0. The highest BCUT2D eigenvalue weighted by Gasteiger charge is 2.17. The van der Waals surface area contributed by atoms with Crippen LogP contribution in [0.4, 0.5) is 0 Å². The molecular formula is C23H41IN4O2. The van der Waals surface area contributed by atoms with Gasteiger partial charge in [0.2, 0.25) is 0 Å². The summed E-state index contributed by atoms with van der Waals surface area (Å²) >= 11 is 0. The molecule has 1 aliphatic rings. The summed E-state index contributed by atoms with van der Waals surface area (Å²) in [5.41, 5.74) is 1.15. The largest absolute Gasteiger partial charge is 0.492 e. The van der Waals surface area contributed by atoms with E-state index in [0.717, 1.165) is 69.4 Å². The van der Waals surface area contributed by atoms with Gasteiger partial charge in [0.1, 0.15) is 12.4 Å². The molecule has 0 aromatic heterocycles. The van der Waals surface area contributed by atoms with Gasteiger partial charge in [-0.05, 0) is 56.8 Å². The number of halogens is 1. The average Bonchev–Trinajstić information content (AvgIpc) is 2.72. The maximum absolute atomic E-state index is 6.00. The Hall–Kier alpha value is -1.06. The third kappa shape index (κ3) is 10.8. The van der Waals surface area contributed by atoms with Crippen LogP contribution in [0.2, 0.25) is 0 Å². The van der Waals surface area contributed by atoms with Crippen LogP contribution in [0, 0.1) is 5.92 Å². The Balaban J connectivity index is 0.00000450. The monoisotopic (exact) mass is 532 g/mol. The summed E-state index contributed by atoms with van der Waals surface area (Å²) in [6, 6.07) is 8.87. The first-order chi connectivity index (χ1) is 14.1. The maximum Gasteiger partial charge on any atom is 0.191 e. The fourth-order valence-corrected chi connectivity index (χ4v) is 3.34. The molecule has 1 heterocycles. The highest BCUT2D eigenvalue weighted by Crippen LogP contribution is 2.15. The molecule has 0 unspecified atom stereocenters. The number of rotatable bonds is 11. The number of nitrogens with one attached hydrogen (secondary N) is 2. The fraction of sp³-hybridized carbons (Fsp3) is 0.696. The van der Waals surface area contributed by atoms with E-state index in [1.54, 1.807) is 0 Å². The molecule has 0 aliphatic carbocycles. The van der Waals surface area contributed by atoms with Gasteiger partial charge in [-0.25, -0.2) is 4.99 Å². The molecule has 0 bridgehead atoms. The van der Waals surface area contributed by atoms with Crippen LogP contribution in [0.1, 0.15) is 45.6 Å². The second-order valence-corrected chi connectivity index (χ2v) is 8.12. The van der Waals surface area contributed by atoms with E-state index in [2.05, 4.69) is 55.5 Å². The summed E-state index contributed by atoms with van der Waals surface area (Å²) in [5, 5.41) is 6.72. The molecule has 2 N–H and O–H groups in total. The van der Waals surface area contributed by atoms with Gasteiger partial charge in [0.25, 0.3) is 0 Å². The van der Waals surface area contributed by atoms with Crippen LogP contribution in [-0.2, 0) is 11.3 Å². The van der Waals surface area contributed by atoms with Gasteiger partial charge in [0, 0.05) is 38.9 Å². The van der Waals surface area contributed by atoms with Gasteiger partial charge in [-0.2, -0.15) is 0 Å². The summed E-state index contributed by atoms with van der Waals surface area (Å²) < 4.78 is 11.4. The number of likely N-dealkylation sites (N-methyl/N-ethyl adjacent to an activating group) is 1. The molecule has 7 heteroatoms. The number of aliphatic imine (C=N–C) groups is 1. The van der Waals surface area contributed by atoms with Crippen LogP contribution in [0.5, 0.6) is 5.75 Å². The van der Waals surface area contributed by atoms with Gasteiger partial charge in [-0.3, -0.25) is 4.90 Å². The van der Waals surface area contributed by atoms with E-state index < -0.39 is 0 Å². The van der Waals surface area contributed by atoms with Crippen molar-refractivity contribution in [2.75, 3.05) is 46.5 Å². The van der Waals surface area contributed by atoms with Gasteiger partial charge in [0.05, 0.1) is 6.54 Å². The van der Waals surface area contributed by atoms with Crippen LogP contribution in [0.3, 0.4) is 0 Å². The van der Waals surface area contributed by atoms with Crippen molar-refractivity contribution in [2.45, 2.75) is 52.6 Å². The van der Waals surface area contributed by atoms with Gasteiger partial charge in [0.15, 0.2) is 5.96 Å². The normalized spacial score (nSPS) is 15.2. The Labute approximate surface area is 200 Å². The molecule has 0 saturated carbocycles. The van der Waals surface area contributed by atoms with E-state index in [4.69, 9.17) is 14.5 Å². The molecule has 1 saturated heterocycles. The first-order valence-corrected chi connectivity index (χ1v) is 11.1. The predicted octanol–water partition coefficient (Wildman–Crippen LogP) is 3.90. The number of nitrogens with zero attached hydrogens (tertiary/aromatic N) is 2. The molecule has 30 heavy (non-hydrogen) atoms. The van der Waals surface area contributed by atoms with Crippen LogP contribution in [0.15, 0.2) is 29.3 Å². The van der Waals surface area contributed by atoms with Crippen molar-refractivity contribution in [1.29, 1.82) is 0 Å². The van der Waals surface area contributed by atoms with Gasteiger partial charge in [-0.15, -0.1) is 24.0 Å². The fourth-order valence-electron chi connectivity index (χ4n) is 3.34. The summed E-state index contributed by atoms with van der Waals surface area (Å²) in [6.45, 7) is 12.4. The quantitative estimate of drug-likeness (QED) is 0.257. The van der Waals surface area contributed by atoms with Gasteiger partial charge < -0.3 is 20.1 Å². The molecule has 6 nitrogen and oxygen atoms in total. The van der Waals surface area contributed by atoms with Crippen molar-refractivity contribution in [3.8, 4) is 5.75 Å². The lowest BCUT2D eigenvalue weighted by Gasteiger charge is -2.31. The maximum atomic E-state index is 6.00. The molecule has 0 radical (unpaired) electrons. The summed E-state index contributed by atoms with van der Waals surface area (Å²) in [6.07, 6.45) is 3.36. The van der Waals surface area contributed by atoms with E-state index in [-0.39, 0.29) is 24.0 Å². The highest BCUT2D eigenvalue weighted by atomic mass is 127. The predicted molar refractivity (Wildman–Crippen MR) is 136 cm³/mol. The van der Waals surface area contributed by atoms with Crippen molar-refractivity contribution in [3.05, 3.63) is 29.8 Å². The minimum absolute atomic E-state index is 0. The van der Waals surface area contributed by atoms with Crippen LogP contribution in [-0.4, -0.2) is 63.4 Å². The summed E-state index contributed by atoms with van der Waals surface area (Å²) in [7, 11) is 2.18. The Morgan fingerprint density at radius 2 is 2.03 bits per heavy atom. The SMILES string of the molecule is CCNC(=NCc1cccc(OCCN(C)C2CCOCC2)c1)NCCC(C)C.I. The topological polar surface area (TPSA) is 58.1 Å². The molecular weight excluding hydrogens is 491 g/mol. The molecule has 1 fully saturated rings. The Bertz CT molecular complexity index is 607. The number of guanidine groups is 1. The zero-order chi connectivity index (χ0) is 20.9. The van der Waals surface area contributed by atoms with Crippen LogP contribution < -0.4 is 15.4 Å². The third-order valence-electron chi connectivity index (χ3n) is 5.20. The smallest absolute Gasteiger partial charge is 0.191 e. The van der Waals surface area contributed by atoms with Crippen molar-refractivity contribution in [3.63, 3.8) is 0 Å². The zero-order valence-corrected chi connectivity index (χ0v) is 21.5. The molecule has 2 rings (SSSR count). The molecule has 1 aliphatic heterocycles. The van der Waals surface area contributed by atoms with Crippen molar-refractivity contribution >= 4 is 29.9 Å². The lowest BCUT2D eigenvalue weighted by atomic mass is 10.1. The molecule has 0 amide bonds. The van der Waals surface area contributed by atoms with Crippen molar-refractivity contribution < 1.29 is 9.47 Å². The van der Waals surface area contributed by atoms with E-state index >= 15 is 0 Å². The Morgan fingerprint density at radius 1 is 1.27 bits per heavy atom. The Morgan fingerprint density at radius 3 is 2.73 bits per heavy atom. The van der Waals surface area contributed by atoms with Gasteiger partial charge in [-0.1, -0.05) is 26.0 Å². The first-order valence-electron chi connectivity index (χ1n) is 11.1. The molecule has 1 aromatic carbocycles. The van der Waals surface area contributed by atoms with E-state index in [1.807, 2.05) is 12.1 Å². The van der Waals surface area contributed by atoms with Crippen molar-refractivity contribution in [1.82, 2.24) is 15.5 Å². The average molecular weight is 533 g/mol. The molecule has 172 valence electrons. The third-order valence-corrected chi connectivity index (χ3v) is 5.20. The van der Waals surface area contributed by atoms with Gasteiger partial charge >= 0.3 is 0 Å². The number of ether oxygens (including phenoxy) is 2. The Kier molecular flexibility index (Phi) is 14.1. The number of hydrogen-bond donors (Lipinski definition) is 2. The van der Waals surface area contributed by atoms with E-state index in [0.29, 0.717) is 25.1 Å². The zero-order valence-electron chi connectivity index (χ0n) is 19.2. The van der Waals surface area contributed by atoms with Crippen LogP contribution >= 0.6 is 24.0 Å². The molecule has 0 atom stereocenters. The van der Waals surface area contributed by atoms with E-state index in [9.17, 15) is 0 Å². The standard InChI is InChI=1S/C23H40N4O2.HI/c1-5-24-23(25-12-9-19(2)3)26-18-20-7-6-8-22(17-20)29-16-13-27(4)21-10-14-28-15-11-21;/h6-8,17,19,21H,5,9-16,18H2,1-4H3,(H2,24,25,26);1H. The minimum atomic E-state index is 0. The van der Waals surface area contributed by atoms with Crippen LogP contribution in [0.25, 0.3) is 0 Å². The number of benzene rings is 1. The molecule has 1 aromatic rings. The first kappa shape index (κ1) is 27.0. The lowest BCUT2D eigenvalue weighted by Crippen LogP contribution is -2.38. The second kappa shape index (κ2) is 15.7. The lowest BCUT2D eigenvalue weighted by molar-refractivity contribution is 0.0392. The minimum Gasteiger partial charge on any atom is -0.492 e. The number of hydrogen-bond acceptors (Lipinski definition) is 4. The van der Waals surface area contributed by atoms with Crippen molar-refractivity contribution in [2.24, 2.45) is 10.9 Å². The second-order valence-electron chi connectivity index (χ2n) is 8.12. The molecule has 0 spiro atoms. The van der Waals surface area contributed by atoms with E-state index in [1.165, 1.54) is 0 Å². The summed E-state index contributed by atoms with van der Waals surface area (Å²) in [5.74, 6) is 2.47.